The zero-order chi connectivity index (χ0) is 13.0. The number of hydrazine groups is 1. The smallest absolute Gasteiger partial charge is 0.322 e. The van der Waals surface area contributed by atoms with Crippen LogP contribution in [0.2, 0.25) is 0 Å². The number of hydrogen-bond donors (Lipinski definition) is 3. The number of anilines is 2. The highest BCUT2D eigenvalue weighted by molar-refractivity contribution is 5.34. The van der Waals surface area contributed by atoms with Crippen LogP contribution in [0, 0.1) is 0 Å². The first-order valence-electron chi connectivity index (χ1n) is 5.19. The summed E-state index contributed by atoms with van der Waals surface area (Å²) in [5.41, 5.74) is 2.34. The molecule has 0 aliphatic carbocycles. The van der Waals surface area contributed by atoms with Gasteiger partial charge in [0.05, 0.1) is 13.7 Å². The number of nitrogens with zero attached hydrogens (tertiary/aromatic N) is 5. The van der Waals surface area contributed by atoms with Gasteiger partial charge in [-0.25, -0.2) is 10.8 Å². The Balaban J connectivity index is 2.11. The Morgan fingerprint density at radius 2 is 2.11 bits per heavy atom. The number of ether oxygens (including phenoxy) is 1. The number of aromatic nitrogens is 5. The van der Waals surface area contributed by atoms with Gasteiger partial charge in [0, 0.05) is 19.4 Å². The second-order valence-corrected chi connectivity index (χ2v) is 3.42. The number of nitrogen functional groups attached to an aromatic ring is 1. The molecule has 4 N–H and O–H groups in total. The normalized spacial score (nSPS) is 10.2. The molecule has 0 fully saturated rings. The fourth-order valence-corrected chi connectivity index (χ4v) is 1.32. The molecule has 2 rings (SSSR count). The van der Waals surface area contributed by atoms with E-state index in [9.17, 15) is 0 Å². The molecular weight excluding hydrogens is 236 g/mol. The largest absolute Gasteiger partial charge is 0.467 e. The summed E-state index contributed by atoms with van der Waals surface area (Å²) in [7, 11) is 3.38. The predicted octanol–water partition coefficient (Wildman–Crippen LogP) is -0.489. The van der Waals surface area contributed by atoms with Gasteiger partial charge in [-0.1, -0.05) is 0 Å². The Hall–Kier alpha value is -2.42. The standard InChI is InChI=1S/C9H14N8O/c1-17-4-3-11-6(17)5-12-7-13-8(16-10)15-9(14-7)18-2/h3-4H,5,10H2,1-2H3,(H2,12,13,14,15,16). The minimum Gasteiger partial charge on any atom is -0.467 e. The number of aryl methyl sites for hydroxylation is 1. The van der Waals surface area contributed by atoms with Crippen LogP contribution < -0.4 is 21.3 Å². The van der Waals surface area contributed by atoms with Crippen molar-refractivity contribution in [2.24, 2.45) is 12.9 Å². The molecule has 0 saturated heterocycles. The van der Waals surface area contributed by atoms with Crippen molar-refractivity contribution in [1.29, 1.82) is 0 Å². The first-order chi connectivity index (χ1) is 8.72. The van der Waals surface area contributed by atoms with E-state index >= 15 is 0 Å². The number of imidazole rings is 1. The van der Waals surface area contributed by atoms with Crippen LogP contribution >= 0.6 is 0 Å². The minimum atomic E-state index is 0.181. The number of nitrogens with one attached hydrogen (secondary N) is 2. The average Bonchev–Trinajstić information content (AvgIpc) is 2.81. The summed E-state index contributed by atoms with van der Waals surface area (Å²) < 4.78 is 6.84. The highest BCUT2D eigenvalue weighted by atomic mass is 16.5. The highest BCUT2D eigenvalue weighted by Crippen LogP contribution is 2.10. The van der Waals surface area contributed by atoms with E-state index in [1.165, 1.54) is 7.11 Å². The van der Waals surface area contributed by atoms with Crippen molar-refractivity contribution < 1.29 is 4.74 Å². The van der Waals surface area contributed by atoms with Gasteiger partial charge in [-0.15, -0.1) is 0 Å². The van der Waals surface area contributed by atoms with E-state index in [2.05, 4.69) is 30.7 Å². The fourth-order valence-electron chi connectivity index (χ4n) is 1.32. The van der Waals surface area contributed by atoms with Crippen LogP contribution in [-0.4, -0.2) is 31.6 Å². The Morgan fingerprint density at radius 3 is 2.72 bits per heavy atom. The van der Waals surface area contributed by atoms with Crippen molar-refractivity contribution in [2.75, 3.05) is 17.9 Å². The zero-order valence-electron chi connectivity index (χ0n) is 10.1. The molecule has 0 unspecified atom stereocenters. The van der Waals surface area contributed by atoms with Crippen LogP contribution in [0.5, 0.6) is 6.01 Å². The molecule has 0 aliphatic heterocycles. The molecule has 0 aliphatic rings. The summed E-state index contributed by atoms with van der Waals surface area (Å²) in [6, 6.07) is 0.181. The van der Waals surface area contributed by atoms with Gasteiger partial charge >= 0.3 is 6.01 Å². The summed E-state index contributed by atoms with van der Waals surface area (Å²) in [6.07, 6.45) is 3.58. The zero-order valence-corrected chi connectivity index (χ0v) is 10.1. The molecule has 2 aromatic heterocycles. The maximum Gasteiger partial charge on any atom is 0.322 e. The van der Waals surface area contributed by atoms with Crippen molar-refractivity contribution in [2.45, 2.75) is 6.54 Å². The van der Waals surface area contributed by atoms with E-state index < -0.39 is 0 Å². The molecule has 96 valence electrons. The fraction of sp³-hybridized carbons (Fsp3) is 0.333. The van der Waals surface area contributed by atoms with Gasteiger partial charge in [-0.3, -0.25) is 5.43 Å². The molecule has 0 aromatic carbocycles. The lowest BCUT2D eigenvalue weighted by Crippen LogP contribution is -2.14. The van der Waals surface area contributed by atoms with Crippen molar-refractivity contribution in [3.63, 3.8) is 0 Å². The first kappa shape index (κ1) is 12.0. The molecular formula is C9H14N8O. The maximum absolute atomic E-state index is 5.25. The molecule has 0 radical (unpaired) electrons. The maximum atomic E-state index is 5.25. The molecule has 2 aromatic rings. The van der Waals surface area contributed by atoms with Crippen molar-refractivity contribution in [1.82, 2.24) is 24.5 Å². The van der Waals surface area contributed by atoms with E-state index in [4.69, 9.17) is 10.6 Å². The molecule has 2 heterocycles. The first-order valence-corrected chi connectivity index (χ1v) is 5.19. The van der Waals surface area contributed by atoms with Gasteiger partial charge in [0.2, 0.25) is 11.9 Å². The lowest BCUT2D eigenvalue weighted by Gasteiger charge is -2.07. The monoisotopic (exact) mass is 250 g/mol. The molecule has 18 heavy (non-hydrogen) atoms. The van der Waals surface area contributed by atoms with E-state index in [-0.39, 0.29) is 12.0 Å². The molecule has 9 heteroatoms. The van der Waals surface area contributed by atoms with Crippen molar-refractivity contribution >= 4 is 11.9 Å². The van der Waals surface area contributed by atoms with Crippen LogP contribution in [0.3, 0.4) is 0 Å². The summed E-state index contributed by atoms with van der Waals surface area (Å²) in [5.74, 6) is 6.70. The summed E-state index contributed by atoms with van der Waals surface area (Å²) in [5, 5.41) is 3.02. The minimum absolute atomic E-state index is 0.181. The van der Waals surface area contributed by atoms with Gasteiger partial charge in [0.1, 0.15) is 5.82 Å². The second-order valence-electron chi connectivity index (χ2n) is 3.42. The topological polar surface area (TPSA) is 116 Å². The van der Waals surface area contributed by atoms with E-state index in [1.807, 2.05) is 17.8 Å². The summed E-state index contributed by atoms with van der Waals surface area (Å²) >= 11 is 0. The SMILES string of the molecule is COc1nc(NN)nc(NCc2nccn2C)n1. The van der Waals surface area contributed by atoms with Crippen LogP contribution in [0.25, 0.3) is 0 Å². The van der Waals surface area contributed by atoms with Crippen molar-refractivity contribution in [3.8, 4) is 6.01 Å². The lowest BCUT2D eigenvalue weighted by atomic mass is 10.6. The quantitative estimate of drug-likeness (QED) is 0.481. The average molecular weight is 250 g/mol. The van der Waals surface area contributed by atoms with Gasteiger partial charge < -0.3 is 14.6 Å². The van der Waals surface area contributed by atoms with Crippen LogP contribution in [0.1, 0.15) is 5.82 Å². The third kappa shape index (κ3) is 2.63. The van der Waals surface area contributed by atoms with Crippen LogP contribution in [0.15, 0.2) is 12.4 Å². The molecule has 0 saturated carbocycles. The molecule has 0 spiro atoms. The van der Waals surface area contributed by atoms with Crippen molar-refractivity contribution in [3.05, 3.63) is 18.2 Å². The van der Waals surface area contributed by atoms with Gasteiger partial charge in [-0.05, 0) is 0 Å². The third-order valence-corrected chi connectivity index (χ3v) is 2.25. The summed E-state index contributed by atoms with van der Waals surface area (Å²) in [4.78, 5) is 16.1. The number of methoxy groups -OCH3 is 1. The Labute approximate surface area is 103 Å². The Morgan fingerprint density at radius 1 is 1.33 bits per heavy atom. The number of rotatable bonds is 5. The third-order valence-electron chi connectivity index (χ3n) is 2.25. The van der Waals surface area contributed by atoms with Gasteiger partial charge in [-0.2, -0.15) is 15.0 Å². The second kappa shape index (κ2) is 5.27. The molecule has 0 atom stereocenters. The van der Waals surface area contributed by atoms with E-state index in [0.29, 0.717) is 12.5 Å². The number of hydrogen-bond acceptors (Lipinski definition) is 8. The number of nitrogens with two attached hydrogens (primary N) is 1. The van der Waals surface area contributed by atoms with Crippen LogP contribution in [0.4, 0.5) is 11.9 Å². The molecule has 9 nitrogen and oxygen atoms in total. The predicted molar refractivity (Wildman–Crippen MR) is 64.7 cm³/mol. The van der Waals surface area contributed by atoms with Gasteiger partial charge in [0.15, 0.2) is 0 Å². The van der Waals surface area contributed by atoms with Gasteiger partial charge in [0.25, 0.3) is 0 Å². The Kier molecular flexibility index (Phi) is 3.53. The molecule has 0 amide bonds. The summed E-state index contributed by atoms with van der Waals surface area (Å²) in [6.45, 7) is 0.487. The van der Waals surface area contributed by atoms with E-state index in [1.54, 1.807) is 6.20 Å². The molecule has 0 bridgehead atoms. The van der Waals surface area contributed by atoms with Crippen LogP contribution in [-0.2, 0) is 13.6 Å². The Bertz CT molecular complexity index is 503. The highest BCUT2D eigenvalue weighted by Gasteiger charge is 2.06. The van der Waals surface area contributed by atoms with E-state index in [0.717, 1.165) is 5.82 Å². The lowest BCUT2D eigenvalue weighted by molar-refractivity contribution is 0.379.